The van der Waals surface area contributed by atoms with Gasteiger partial charge in [0.15, 0.2) is 0 Å². The third kappa shape index (κ3) is 3.73. The minimum Gasteiger partial charge on any atom is -0.465 e. The Morgan fingerprint density at radius 2 is 2.05 bits per heavy atom. The number of thioether (sulfide) groups is 1. The Morgan fingerprint density at radius 3 is 2.74 bits per heavy atom. The predicted octanol–water partition coefficient (Wildman–Crippen LogP) is 2.55. The maximum Gasteiger partial charge on any atom is 0.337 e. The van der Waals surface area contributed by atoms with Crippen LogP contribution in [0.2, 0.25) is 0 Å². The zero-order valence-corrected chi connectivity index (χ0v) is 11.7. The monoisotopic (exact) mass is 279 g/mol. The number of carbonyl (C=O) groups excluding carboxylic acids is 2. The Balaban J connectivity index is 2.02. The fourth-order valence-electron chi connectivity index (χ4n) is 2.05. The van der Waals surface area contributed by atoms with Gasteiger partial charge in [-0.2, -0.15) is 11.8 Å². The number of ether oxygens (including phenoxy) is 1. The number of amides is 1. The molecule has 1 amide bonds. The maximum atomic E-state index is 12.1. The van der Waals surface area contributed by atoms with Crippen molar-refractivity contribution in [2.24, 2.45) is 5.92 Å². The molecule has 1 N–H and O–H groups in total. The molecule has 0 spiro atoms. The number of rotatable bonds is 3. The van der Waals surface area contributed by atoms with E-state index in [9.17, 15) is 9.59 Å². The van der Waals surface area contributed by atoms with Crippen LogP contribution in [0.3, 0.4) is 0 Å². The number of carbonyl (C=O) groups is 2. The van der Waals surface area contributed by atoms with Crippen LogP contribution in [0.4, 0.5) is 5.69 Å². The average molecular weight is 279 g/mol. The lowest BCUT2D eigenvalue weighted by Gasteiger charge is -2.20. The molecule has 0 aliphatic carbocycles. The van der Waals surface area contributed by atoms with Crippen molar-refractivity contribution in [2.75, 3.05) is 23.9 Å². The van der Waals surface area contributed by atoms with Crippen molar-refractivity contribution in [3.05, 3.63) is 29.8 Å². The molecule has 1 saturated heterocycles. The Bertz CT molecular complexity index is 470. The number of esters is 1. The lowest BCUT2D eigenvalue weighted by atomic mass is 10.0. The van der Waals surface area contributed by atoms with Crippen molar-refractivity contribution in [1.29, 1.82) is 0 Å². The quantitative estimate of drug-likeness (QED) is 0.864. The minimum atomic E-state index is -0.398. The zero-order chi connectivity index (χ0) is 13.7. The summed E-state index contributed by atoms with van der Waals surface area (Å²) in [5.41, 5.74) is 1.09. The predicted molar refractivity (Wildman–Crippen MR) is 76.5 cm³/mol. The summed E-state index contributed by atoms with van der Waals surface area (Å²) in [7, 11) is 1.34. The van der Waals surface area contributed by atoms with E-state index < -0.39 is 5.97 Å². The van der Waals surface area contributed by atoms with Gasteiger partial charge in [-0.15, -0.1) is 0 Å². The Kier molecular flexibility index (Phi) is 4.85. The number of hydrogen-bond donors (Lipinski definition) is 1. The number of anilines is 1. The summed E-state index contributed by atoms with van der Waals surface area (Å²) in [6.45, 7) is 0. The molecule has 1 aromatic carbocycles. The van der Waals surface area contributed by atoms with Crippen LogP contribution in [0.15, 0.2) is 24.3 Å². The van der Waals surface area contributed by atoms with Crippen molar-refractivity contribution >= 4 is 29.3 Å². The highest BCUT2D eigenvalue weighted by Gasteiger charge is 2.21. The fourth-order valence-corrected chi connectivity index (χ4v) is 3.15. The lowest BCUT2D eigenvalue weighted by Crippen LogP contribution is -2.26. The van der Waals surface area contributed by atoms with Gasteiger partial charge in [-0.05, 0) is 42.5 Å². The van der Waals surface area contributed by atoms with Gasteiger partial charge < -0.3 is 10.1 Å². The Labute approximate surface area is 116 Å². The molecule has 2 rings (SSSR count). The zero-order valence-electron chi connectivity index (χ0n) is 10.8. The first-order valence-electron chi connectivity index (χ1n) is 6.27. The summed E-state index contributed by atoms with van der Waals surface area (Å²) in [5, 5.41) is 2.88. The fraction of sp³-hybridized carbons (Fsp3) is 0.429. The summed E-state index contributed by atoms with van der Waals surface area (Å²) in [6, 6.07) is 6.82. The molecule has 0 aromatic heterocycles. The SMILES string of the molecule is COC(=O)c1cccc(NC(=O)C2CCSCC2)c1. The van der Waals surface area contributed by atoms with Crippen LogP contribution in [-0.2, 0) is 9.53 Å². The molecule has 0 atom stereocenters. The molecular weight excluding hydrogens is 262 g/mol. The van der Waals surface area contributed by atoms with Crippen molar-refractivity contribution in [2.45, 2.75) is 12.8 Å². The minimum absolute atomic E-state index is 0.0438. The van der Waals surface area contributed by atoms with Crippen LogP contribution in [0, 0.1) is 5.92 Å². The summed E-state index contributed by atoms with van der Waals surface area (Å²) < 4.78 is 4.66. The highest BCUT2D eigenvalue weighted by molar-refractivity contribution is 7.99. The summed E-state index contributed by atoms with van der Waals surface area (Å²) in [5.74, 6) is 1.82. The smallest absolute Gasteiger partial charge is 0.337 e. The Hall–Kier alpha value is -1.49. The largest absolute Gasteiger partial charge is 0.465 e. The van der Waals surface area contributed by atoms with Gasteiger partial charge in [0.25, 0.3) is 0 Å². The number of hydrogen-bond acceptors (Lipinski definition) is 4. The van der Waals surface area contributed by atoms with Gasteiger partial charge in [0.05, 0.1) is 12.7 Å². The van der Waals surface area contributed by atoms with Crippen LogP contribution in [-0.4, -0.2) is 30.5 Å². The normalized spacial score (nSPS) is 15.8. The van der Waals surface area contributed by atoms with Gasteiger partial charge in [0, 0.05) is 11.6 Å². The maximum absolute atomic E-state index is 12.1. The van der Waals surface area contributed by atoms with Crippen molar-refractivity contribution in [1.82, 2.24) is 0 Å². The highest BCUT2D eigenvalue weighted by atomic mass is 32.2. The van der Waals surface area contributed by atoms with Crippen molar-refractivity contribution in [3.63, 3.8) is 0 Å². The first kappa shape index (κ1) is 13.9. The van der Waals surface area contributed by atoms with E-state index in [1.807, 2.05) is 11.8 Å². The van der Waals surface area contributed by atoms with Gasteiger partial charge in [-0.1, -0.05) is 6.07 Å². The summed E-state index contributed by atoms with van der Waals surface area (Å²) in [6.07, 6.45) is 1.85. The molecular formula is C14H17NO3S. The molecule has 1 heterocycles. The second kappa shape index (κ2) is 6.61. The third-order valence-electron chi connectivity index (χ3n) is 3.14. The van der Waals surface area contributed by atoms with Crippen molar-refractivity contribution < 1.29 is 14.3 Å². The van der Waals surface area contributed by atoms with E-state index in [-0.39, 0.29) is 11.8 Å². The standard InChI is InChI=1S/C14H17NO3S/c1-18-14(17)11-3-2-4-12(9-11)15-13(16)10-5-7-19-8-6-10/h2-4,9-10H,5-8H2,1H3,(H,15,16). The van der Waals surface area contributed by atoms with Crippen LogP contribution in [0.25, 0.3) is 0 Å². The summed E-state index contributed by atoms with van der Waals surface area (Å²) >= 11 is 1.89. The molecule has 19 heavy (non-hydrogen) atoms. The molecule has 1 aliphatic heterocycles. The van der Waals surface area contributed by atoms with Gasteiger partial charge in [0.2, 0.25) is 5.91 Å². The number of methoxy groups -OCH3 is 1. The van der Waals surface area contributed by atoms with Gasteiger partial charge in [-0.25, -0.2) is 4.79 Å². The van der Waals surface area contributed by atoms with E-state index in [0.717, 1.165) is 24.3 Å². The van der Waals surface area contributed by atoms with Gasteiger partial charge in [0.1, 0.15) is 0 Å². The third-order valence-corrected chi connectivity index (χ3v) is 4.19. The number of benzene rings is 1. The van der Waals surface area contributed by atoms with E-state index in [1.54, 1.807) is 24.3 Å². The summed E-state index contributed by atoms with van der Waals surface area (Å²) in [4.78, 5) is 23.5. The van der Waals surface area contributed by atoms with E-state index in [2.05, 4.69) is 10.1 Å². The van der Waals surface area contributed by atoms with E-state index in [1.165, 1.54) is 7.11 Å². The molecule has 4 nitrogen and oxygen atoms in total. The second-order valence-electron chi connectivity index (χ2n) is 4.45. The highest BCUT2D eigenvalue weighted by Crippen LogP contribution is 2.24. The van der Waals surface area contributed by atoms with Crippen molar-refractivity contribution in [3.8, 4) is 0 Å². The first-order chi connectivity index (χ1) is 9.20. The van der Waals surface area contributed by atoms with E-state index >= 15 is 0 Å². The van der Waals surface area contributed by atoms with Gasteiger partial charge >= 0.3 is 5.97 Å². The molecule has 0 radical (unpaired) electrons. The van der Waals surface area contributed by atoms with Gasteiger partial charge in [-0.3, -0.25) is 4.79 Å². The van der Waals surface area contributed by atoms with Crippen LogP contribution < -0.4 is 5.32 Å². The second-order valence-corrected chi connectivity index (χ2v) is 5.67. The first-order valence-corrected chi connectivity index (χ1v) is 7.43. The van der Waals surface area contributed by atoms with E-state index in [4.69, 9.17) is 0 Å². The molecule has 0 unspecified atom stereocenters. The molecule has 1 aromatic rings. The van der Waals surface area contributed by atoms with Crippen LogP contribution in [0.1, 0.15) is 23.2 Å². The van der Waals surface area contributed by atoms with Crippen LogP contribution in [0.5, 0.6) is 0 Å². The molecule has 1 fully saturated rings. The lowest BCUT2D eigenvalue weighted by molar-refractivity contribution is -0.120. The molecule has 5 heteroatoms. The topological polar surface area (TPSA) is 55.4 Å². The molecule has 102 valence electrons. The number of nitrogens with one attached hydrogen (secondary N) is 1. The molecule has 0 saturated carbocycles. The molecule has 0 bridgehead atoms. The average Bonchev–Trinajstić information content (AvgIpc) is 2.47. The molecule has 1 aliphatic rings. The van der Waals surface area contributed by atoms with Crippen LogP contribution >= 0.6 is 11.8 Å². The van der Waals surface area contributed by atoms with E-state index in [0.29, 0.717) is 11.3 Å². The Morgan fingerprint density at radius 1 is 1.32 bits per heavy atom.